The van der Waals surface area contributed by atoms with Crippen LogP contribution in [0.3, 0.4) is 0 Å². The van der Waals surface area contributed by atoms with E-state index < -0.39 is 18.0 Å². The molecule has 2 aromatic rings. The molecule has 2 amide bonds. The number of aromatic nitrogens is 2. The largest absolute Gasteiger partial charge is 0.482 e. The van der Waals surface area contributed by atoms with E-state index >= 15 is 0 Å². The molecule has 9 heteroatoms. The van der Waals surface area contributed by atoms with E-state index in [0.717, 1.165) is 0 Å². The highest BCUT2D eigenvalue weighted by atomic mass is 16.5. The van der Waals surface area contributed by atoms with E-state index in [1.165, 1.54) is 24.2 Å². The third-order valence-electron chi connectivity index (χ3n) is 3.57. The van der Waals surface area contributed by atoms with Crippen molar-refractivity contribution in [3.63, 3.8) is 0 Å². The number of ether oxygens (including phenoxy) is 2. The Morgan fingerprint density at radius 1 is 1.27 bits per heavy atom. The summed E-state index contributed by atoms with van der Waals surface area (Å²) in [7, 11) is 0. The van der Waals surface area contributed by atoms with Crippen molar-refractivity contribution < 1.29 is 23.9 Å². The topological polar surface area (TPSA) is 111 Å². The van der Waals surface area contributed by atoms with E-state index in [-0.39, 0.29) is 25.0 Å². The highest BCUT2D eigenvalue weighted by molar-refractivity contribution is 6.01. The summed E-state index contributed by atoms with van der Waals surface area (Å²) in [6, 6.07) is 8.48. The van der Waals surface area contributed by atoms with Gasteiger partial charge in [0.25, 0.3) is 11.8 Å². The van der Waals surface area contributed by atoms with Crippen LogP contribution in [0, 0.1) is 0 Å². The average Bonchev–Trinajstić information content (AvgIpc) is 2.65. The lowest BCUT2D eigenvalue weighted by atomic mass is 10.2. The van der Waals surface area contributed by atoms with Gasteiger partial charge in [0.1, 0.15) is 12.3 Å². The molecule has 0 fully saturated rings. The molecule has 134 valence electrons. The molecule has 1 aromatic carbocycles. The van der Waals surface area contributed by atoms with Gasteiger partial charge in [-0.3, -0.25) is 24.6 Å². The van der Waals surface area contributed by atoms with Crippen molar-refractivity contribution in [2.24, 2.45) is 0 Å². The van der Waals surface area contributed by atoms with Gasteiger partial charge in [0.2, 0.25) is 5.95 Å². The fraction of sp³-hybridized carbons (Fsp3) is 0.235. The molecule has 3 rings (SSSR count). The second kappa shape index (κ2) is 7.60. The predicted molar refractivity (Wildman–Crippen MR) is 90.5 cm³/mol. The summed E-state index contributed by atoms with van der Waals surface area (Å²) in [6.45, 7) is 0.940. The van der Waals surface area contributed by atoms with Gasteiger partial charge in [-0.05, 0) is 25.1 Å². The van der Waals surface area contributed by atoms with Crippen molar-refractivity contribution in [2.75, 3.05) is 23.4 Å². The average molecular weight is 356 g/mol. The number of anilines is 2. The zero-order valence-electron chi connectivity index (χ0n) is 13.9. The molecule has 9 nitrogen and oxygen atoms in total. The summed E-state index contributed by atoms with van der Waals surface area (Å²) in [5.41, 5.74) is 0.482. The van der Waals surface area contributed by atoms with Gasteiger partial charge in [-0.25, -0.2) is 9.97 Å². The maximum Gasteiger partial charge on any atom is 0.326 e. The lowest BCUT2D eigenvalue weighted by Gasteiger charge is -2.28. The number of amides is 2. The number of nitrogens with zero attached hydrogens (tertiary/aromatic N) is 3. The highest BCUT2D eigenvalue weighted by Crippen LogP contribution is 2.31. The lowest BCUT2D eigenvalue weighted by Crippen LogP contribution is -2.43. The number of para-hydroxylation sites is 2. The fourth-order valence-electron chi connectivity index (χ4n) is 2.32. The Hall–Kier alpha value is -3.49. The van der Waals surface area contributed by atoms with Gasteiger partial charge in [-0.15, -0.1) is 0 Å². The van der Waals surface area contributed by atoms with Gasteiger partial charge in [0.05, 0.1) is 5.69 Å². The first-order chi connectivity index (χ1) is 12.5. The van der Waals surface area contributed by atoms with Crippen LogP contribution in [0.5, 0.6) is 5.75 Å². The van der Waals surface area contributed by atoms with E-state index in [1.54, 1.807) is 30.3 Å². The molecule has 1 aromatic heterocycles. The Morgan fingerprint density at radius 2 is 2.00 bits per heavy atom. The van der Waals surface area contributed by atoms with Crippen molar-refractivity contribution in [1.29, 1.82) is 0 Å². The first-order valence-corrected chi connectivity index (χ1v) is 7.84. The molecule has 0 saturated heterocycles. The van der Waals surface area contributed by atoms with Crippen LogP contribution in [-0.2, 0) is 19.1 Å². The molecule has 1 N–H and O–H groups in total. The Kier molecular flexibility index (Phi) is 5.07. The molecular weight excluding hydrogens is 340 g/mol. The predicted octanol–water partition coefficient (Wildman–Crippen LogP) is 0.772. The summed E-state index contributed by atoms with van der Waals surface area (Å²) < 4.78 is 10.4. The molecule has 0 bridgehead atoms. The third-order valence-corrected chi connectivity index (χ3v) is 3.57. The molecular formula is C17H16N4O5. The fourth-order valence-corrected chi connectivity index (χ4v) is 2.32. The van der Waals surface area contributed by atoms with Crippen LogP contribution in [0.2, 0.25) is 0 Å². The third kappa shape index (κ3) is 3.94. The van der Waals surface area contributed by atoms with Crippen LogP contribution in [0.25, 0.3) is 0 Å². The molecule has 1 unspecified atom stereocenters. The first-order valence-electron chi connectivity index (χ1n) is 7.84. The number of nitrogens with one attached hydrogen (secondary N) is 1. The van der Waals surface area contributed by atoms with Gasteiger partial charge in [0.15, 0.2) is 12.7 Å². The first kappa shape index (κ1) is 17.3. The van der Waals surface area contributed by atoms with Gasteiger partial charge in [0, 0.05) is 12.4 Å². The number of esters is 1. The molecule has 1 aliphatic rings. The second-order valence-electron chi connectivity index (χ2n) is 5.43. The zero-order valence-corrected chi connectivity index (χ0v) is 13.9. The smallest absolute Gasteiger partial charge is 0.326 e. The molecule has 1 atom stereocenters. The van der Waals surface area contributed by atoms with E-state index in [2.05, 4.69) is 15.3 Å². The zero-order chi connectivity index (χ0) is 18.5. The number of rotatable bonds is 5. The summed E-state index contributed by atoms with van der Waals surface area (Å²) in [4.78, 5) is 45.2. The van der Waals surface area contributed by atoms with E-state index in [0.29, 0.717) is 11.4 Å². The minimum Gasteiger partial charge on any atom is -0.482 e. The summed E-state index contributed by atoms with van der Waals surface area (Å²) >= 11 is 0. The van der Waals surface area contributed by atoms with Crippen LogP contribution >= 0.6 is 0 Å². The van der Waals surface area contributed by atoms with Crippen LogP contribution in [0.4, 0.5) is 11.6 Å². The molecule has 0 saturated carbocycles. The van der Waals surface area contributed by atoms with Gasteiger partial charge in [-0.1, -0.05) is 12.1 Å². The van der Waals surface area contributed by atoms with Gasteiger partial charge < -0.3 is 9.47 Å². The minimum atomic E-state index is -1.07. The second-order valence-corrected chi connectivity index (χ2v) is 5.43. The van der Waals surface area contributed by atoms with Crippen molar-refractivity contribution in [2.45, 2.75) is 13.0 Å². The number of hydrogen-bond donors (Lipinski definition) is 1. The van der Waals surface area contributed by atoms with Crippen molar-refractivity contribution in [3.05, 3.63) is 42.7 Å². The lowest BCUT2D eigenvalue weighted by molar-refractivity contribution is -0.152. The van der Waals surface area contributed by atoms with Crippen molar-refractivity contribution in [1.82, 2.24) is 9.97 Å². The maximum atomic E-state index is 12.2. The number of benzene rings is 1. The highest BCUT2D eigenvalue weighted by Gasteiger charge is 2.28. The van der Waals surface area contributed by atoms with E-state index in [1.807, 2.05) is 0 Å². The molecule has 0 spiro atoms. The Balaban J connectivity index is 1.60. The van der Waals surface area contributed by atoms with Crippen molar-refractivity contribution in [3.8, 4) is 5.75 Å². The van der Waals surface area contributed by atoms with Crippen LogP contribution in [0.15, 0.2) is 42.7 Å². The molecule has 0 aliphatic carbocycles. The van der Waals surface area contributed by atoms with E-state index in [9.17, 15) is 14.4 Å². The van der Waals surface area contributed by atoms with Crippen LogP contribution < -0.4 is 15.0 Å². The van der Waals surface area contributed by atoms with Crippen LogP contribution in [0.1, 0.15) is 6.92 Å². The Morgan fingerprint density at radius 3 is 2.77 bits per heavy atom. The number of carbonyl (C=O) groups is 3. The number of hydrogen-bond acceptors (Lipinski definition) is 7. The summed E-state index contributed by atoms with van der Waals surface area (Å²) in [5.74, 6) is -1.04. The summed E-state index contributed by atoms with van der Waals surface area (Å²) in [6.07, 6.45) is 1.87. The van der Waals surface area contributed by atoms with Crippen molar-refractivity contribution >= 4 is 29.4 Å². The van der Waals surface area contributed by atoms with Gasteiger partial charge >= 0.3 is 5.97 Å². The summed E-state index contributed by atoms with van der Waals surface area (Å²) in [5, 5.41) is 2.44. The molecule has 26 heavy (non-hydrogen) atoms. The van der Waals surface area contributed by atoms with Crippen LogP contribution in [-0.4, -0.2) is 47.0 Å². The van der Waals surface area contributed by atoms with Gasteiger partial charge in [-0.2, -0.15) is 0 Å². The SMILES string of the molecule is CC(OC(=O)CN1C(=O)COc2ccccc21)C(=O)Nc1ncccn1. The monoisotopic (exact) mass is 356 g/mol. The molecule has 2 heterocycles. The standard InChI is InChI=1S/C17H16N4O5/c1-11(16(24)20-17-18-7-4-8-19-17)26-15(23)9-21-12-5-2-3-6-13(12)25-10-14(21)22/h2-8,11H,9-10H2,1H3,(H,18,19,20,24). The number of carbonyl (C=O) groups excluding carboxylic acids is 3. The normalized spacial score (nSPS) is 14.0. The maximum absolute atomic E-state index is 12.2. The Bertz CT molecular complexity index is 827. The quantitative estimate of drug-likeness (QED) is 0.788. The van der Waals surface area contributed by atoms with E-state index in [4.69, 9.17) is 9.47 Å². The number of fused-ring (bicyclic) bond motifs is 1. The molecule has 1 aliphatic heterocycles. The minimum absolute atomic E-state index is 0.109. The molecule has 0 radical (unpaired) electrons. The Labute approximate surface area is 148 Å².